The van der Waals surface area contributed by atoms with Gasteiger partial charge in [0.15, 0.2) is 5.78 Å². The van der Waals surface area contributed by atoms with Gasteiger partial charge in [-0.05, 0) is 61.9 Å². The fraction of sp³-hybridized carbons (Fsp3) is 0.638. The molecule has 1 heterocycles. The third-order valence-corrected chi connectivity index (χ3v) is 10.6. The Bertz CT molecular complexity index is 1300. The number of nitrogens with zero attached hydrogens (tertiary/aromatic N) is 2. The van der Waals surface area contributed by atoms with Gasteiger partial charge in [-0.2, -0.15) is 0 Å². The molecule has 0 atom stereocenters. The van der Waals surface area contributed by atoms with Gasteiger partial charge < -0.3 is 5.53 Å². The van der Waals surface area contributed by atoms with Gasteiger partial charge in [0.2, 0.25) is 11.4 Å². The molecule has 0 amide bonds. The van der Waals surface area contributed by atoms with E-state index in [0.717, 1.165) is 60.2 Å². The molecule has 0 saturated heterocycles. The molecule has 0 saturated carbocycles. The number of carbonyl (C=O) groups is 1. The second kappa shape index (κ2) is 26.0. The molecule has 0 spiro atoms. The Labute approximate surface area is 307 Å². The number of Topliss-reactive ketones (excluding diaryl/α,β-unsaturated/α-hetero) is 1. The van der Waals surface area contributed by atoms with Gasteiger partial charge in [0.05, 0.1) is 0 Å². The minimum atomic E-state index is 0.229. The summed E-state index contributed by atoms with van der Waals surface area (Å²) < 4.78 is 1.42. The lowest BCUT2D eigenvalue weighted by molar-refractivity contribution is -0.344. The van der Waals surface area contributed by atoms with E-state index < -0.39 is 0 Å². The quantitative estimate of drug-likeness (QED) is 0.0460. The lowest BCUT2D eigenvalue weighted by Crippen LogP contribution is -2.04. The van der Waals surface area contributed by atoms with Crippen molar-refractivity contribution in [3.8, 4) is 0 Å². The number of benzene rings is 2. The lowest BCUT2D eigenvalue weighted by Gasteiger charge is -2.11. The Morgan fingerprint density at radius 2 is 1.02 bits per heavy atom. The van der Waals surface area contributed by atoms with Crippen molar-refractivity contribution in [1.82, 2.24) is 0 Å². The van der Waals surface area contributed by atoms with Gasteiger partial charge in [-0.15, -0.1) is 0 Å². The molecular weight excluding hydrogens is 609 g/mol. The van der Waals surface area contributed by atoms with E-state index in [1.807, 2.05) is 24.3 Å². The molecule has 2 aromatic carbocycles. The fourth-order valence-corrected chi connectivity index (χ4v) is 7.43. The zero-order valence-corrected chi connectivity index (χ0v) is 32.6. The second-order valence-electron chi connectivity index (χ2n) is 15.1. The summed E-state index contributed by atoms with van der Waals surface area (Å²) in [5.41, 5.74) is 18.8. The summed E-state index contributed by atoms with van der Waals surface area (Å²) in [5, 5.41) is 0. The molecule has 276 valence electrons. The molecular formula is C47H72N2O. The van der Waals surface area contributed by atoms with E-state index >= 15 is 0 Å². The van der Waals surface area contributed by atoms with Crippen LogP contribution in [-0.4, -0.2) is 10.5 Å². The van der Waals surface area contributed by atoms with E-state index in [0.29, 0.717) is 6.42 Å². The van der Waals surface area contributed by atoms with Gasteiger partial charge in [-0.3, -0.25) is 4.79 Å². The number of hydrogen-bond donors (Lipinski definition) is 0. The molecule has 0 aromatic heterocycles. The van der Waals surface area contributed by atoms with Gasteiger partial charge in [0.25, 0.3) is 0 Å². The minimum absolute atomic E-state index is 0.229. The highest BCUT2D eigenvalue weighted by Crippen LogP contribution is 2.38. The lowest BCUT2D eigenvalue weighted by atomic mass is 9.98. The van der Waals surface area contributed by atoms with Crippen LogP contribution in [0.15, 0.2) is 60.2 Å². The average Bonchev–Trinajstić information content (AvgIpc) is 3.47. The summed E-state index contributed by atoms with van der Waals surface area (Å²) in [6.45, 7) is 6.81. The first-order valence-corrected chi connectivity index (χ1v) is 21.3. The van der Waals surface area contributed by atoms with Crippen molar-refractivity contribution in [3.63, 3.8) is 0 Å². The molecule has 1 aliphatic rings. The smallest absolute Gasteiger partial charge is 0.210 e. The van der Waals surface area contributed by atoms with Crippen LogP contribution in [0.2, 0.25) is 0 Å². The van der Waals surface area contributed by atoms with E-state index in [4.69, 9.17) is 0 Å². The highest BCUT2D eigenvalue weighted by Gasteiger charge is 2.29. The van der Waals surface area contributed by atoms with Crippen molar-refractivity contribution in [2.24, 2.45) is 0 Å². The molecule has 3 rings (SSSR count). The van der Waals surface area contributed by atoms with Crippen molar-refractivity contribution in [2.75, 3.05) is 0 Å². The number of carbonyl (C=O) groups excluding carboxylic acids is 1. The van der Waals surface area contributed by atoms with Gasteiger partial charge in [-0.1, -0.05) is 180 Å². The summed E-state index contributed by atoms with van der Waals surface area (Å²) >= 11 is 0. The van der Waals surface area contributed by atoms with E-state index in [2.05, 4.69) is 51.1 Å². The number of aryl methyl sites for hydroxylation is 1. The van der Waals surface area contributed by atoms with Crippen molar-refractivity contribution in [2.45, 2.75) is 194 Å². The van der Waals surface area contributed by atoms with Crippen LogP contribution in [0.25, 0.3) is 16.9 Å². The molecule has 0 radical (unpaired) electrons. The Balaban J connectivity index is 1.58. The largest absolute Gasteiger partial charge is 0.493 e. The summed E-state index contributed by atoms with van der Waals surface area (Å²) in [4.78, 5) is 13.0. The third-order valence-electron chi connectivity index (χ3n) is 10.6. The Kier molecular flexibility index (Phi) is 21.7. The summed E-state index contributed by atoms with van der Waals surface area (Å²) in [7, 11) is 0. The van der Waals surface area contributed by atoms with Gasteiger partial charge in [-0.25, -0.2) is 4.70 Å². The van der Waals surface area contributed by atoms with Crippen LogP contribution in [0.1, 0.15) is 215 Å². The number of hydrogen-bond acceptors (Lipinski definition) is 1. The predicted octanol–water partition coefficient (Wildman–Crippen LogP) is 15.4. The monoisotopic (exact) mass is 681 g/mol. The first-order valence-electron chi connectivity index (χ1n) is 21.3. The highest BCUT2D eigenvalue weighted by atomic mass is 16.1. The predicted molar refractivity (Wildman–Crippen MR) is 216 cm³/mol. The zero-order valence-electron chi connectivity index (χ0n) is 32.6. The van der Waals surface area contributed by atoms with Crippen LogP contribution in [0.3, 0.4) is 0 Å². The highest BCUT2D eigenvalue weighted by molar-refractivity contribution is 5.96. The summed E-state index contributed by atoms with van der Waals surface area (Å²) in [5.74, 6) is 0.229. The van der Waals surface area contributed by atoms with Crippen molar-refractivity contribution < 1.29 is 9.49 Å². The number of allylic oxidation sites excluding steroid dienone is 2. The van der Waals surface area contributed by atoms with Gasteiger partial charge in [0, 0.05) is 34.8 Å². The number of ketones is 1. The second-order valence-corrected chi connectivity index (χ2v) is 15.1. The Hall–Kier alpha value is -2.81. The van der Waals surface area contributed by atoms with E-state index in [1.165, 1.54) is 151 Å². The molecule has 0 aliphatic carbocycles. The molecule has 3 nitrogen and oxygen atoms in total. The van der Waals surface area contributed by atoms with Crippen LogP contribution < -0.4 is 0 Å². The normalized spacial score (nSPS) is 13.0. The Morgan fingerprint density at radius 1 is 0.540 bits per heavy atom. The van der Waals surface area contributed by atoms with Gasteiger partial charge >= 0.3 is 0 Å². The van der Waals surface area contributed by atoms with E-state index in [1.54, 1.807) is 0 Å². The molecule has 0 N–H and O–H groups in total. The van der Waals surface area contributed by atoms with Crippen LogP contribution in [0.5, 0.6) is 0 Å². The van der Waals surface area contributed by atoms with E-state index in [-0.39, 0.29) is 5.78 Å². The average molecular weight is 681 g/mol. The van der Waals surface area contributed by atoms with Crippen molar-refractivity contribution in [1.29, 1.82) is 0 Å². The summed E-state index contributed by atoms with van der Waals surface area (Å²) in [6.07, 6.45) is 35.8. The molecule has 0 fully saturated rings. The third kappa shape index (κ3) is 15.6. The maximum Gasteiger partial charge on any atom is 0.210 e. The maximum atomic E-state index is 13.0. The molecule has 50 heavy (non-hydrogen) atoms. The van der Waals surface area contributed by atoms with Crippen LogP contribution in [0.4, 0.5) is 0 Å². The standard InChI is InChI=1S/C47H72N2O/c1-4-7-10-13-16-18-20-22-25-29-40-30-28-32-43(38-40)47-44(31-26-23-15-12-9-6-3)39-45(49(47)48)41-34-36-42(37-35-41)46(50)33-27-24-21-19-17-14-11-8-5-2/h28,30,32,34-39H,4-27,29,31,33H2,1-3H3. The molecule has 0 bridgehead atoms. The SMILES string of the molecule is CCCCCCCCCCCC(=O)c1ccc(C2=CC(CCCCCCCC)=C(c3cccc(CCCCCCCCCCC)c3)[N+]2=[N-])cc1. The van der Waals surface area contributed by atoms with Crippen LogP contribution in [-0.2, 0) is 6.42 Å². The van der Waals surface area contributed by atoms with Crippen LogP contribution >= 0.6 is 0 Å². The minimum Gasteiger partial charge on any atom is -0.493 e. The molecule has 1 aliphatic heterocycles. The topological polar surface area (TPSA) is 42.4 Å². The first kappa shape index (κ1) is 41.6. The molecule has 2 aromatic rings. The number of rotatable bonds is 30. The molecule has 3 heteroatoms. The van der Waals surface area contributed by atoms with Crippen LogP contribution in [0, 0.1) is 0 Å². The molecule has 0 unspecified atom stereocenters. The Morgan fingerprint density at radius 3 is 1.56 bits per heavy atom. The summed E-state index contributed by atoms with van der Waals surface area (Å²) in [6, 6.07) is 16.8. The van der Waals surface area contributed by atoms with Crippen molar-refractivity contribution in [3.05, 3.63) is 88.0 Å². The zero-order chi connectivity index (χ0) is 35.7. The van der Waals surface area contributed by atoms with E-state index in [9.17, 15) is 10.3 Å². The first-order chi connectivity index (χ1) is 24.6. The van der Waals surface area contributed by atoms with Crippen molar-refractivity contribution >= 4 is 17.2 Å². The maximum absolute atomic E-state index is 13.0. The fourth-order valence-electron chi connectivity index (χ4n) is 7.43. The number of unbranched alkanes of at least 4 members (excludes halogenated alkanes) is 21. The van der Waals surface area contributed by atoms with Gasteiger partial charge in [0.1, 0.15) is 0 Å².